The summed E-state index contributed by atoms with van der Waals surface area (Å²) in [6, 6.07) is -0.585. The van der Waals surface area contributed by atoms with Crippen LogP contribution in [0.15, 0.2) is 0 Å². The Morgan fingerprint density at radius 2 is 1.94 bits per heavy atom. The average Bonchev–Trinajstić information content (AvgIpc) is 2.18. The lowest BCUT2D eigenvalue weighted by Gasteiger charge is -2.47. The molecule has 1 aliphatic carbocycles. The molecule has 0 aromatic heterocycles. The fourth-order valence-corrected chi connectivity index (χ4v) is 2.39. The Morgan fingerprint density at radius 3 is 2.50 bits per heavy atom. The standard InChI is InChI=1S/C11H18N2O3/c1-6-11(15)13(7(2)10(14)12-6)8-4-9(5-8)16-3/h6-9H,4-5H2,1-3H3,(H,12,14). The minimum atomic E-state index is -0.398. The molecule has 2 unspecified atom stereocenters. The second kappa shape index (κ2) is 4.05. The van der Waals surface area contributed by atoms with Crippen molar-refractivity contribution in [3.05, 3.63) is 0 Å². The molecule has 90 valence electrons. The number of carbonyl (C=O) groups excluding carboxylic acids is 2. The van der Waals surface area contributed by atoms with Crippen LogP contribution in [0, 0.1) is 0 Å². The van der Waals surface area contributed by atoms with Gasteiger partial charge in [-0.05, 0) is 26.7 Å². The number of rotatable bonds is 2. The van der Waals surface area contributed by atoms with Crippen molar-refractivity contribution in [2.75, 3.05) is 7.11 Å². The SMILES string of the molecule is COC1CC(N2C(=O)C(C)NC(=O)C2C)C1. The molecular weight excluding hydrogens is 208 g/mol. The summed E-state index contributed by atoms with van der Waals surface area (Å²) in [5.74, 6) is -0.0420. The van der Waals surface area contributed by atoms with E-state index in [1.54, 1.807) is 25.9 Å². The molecule has 0 aromatic carbocycles. The second-order valence-corrected chi connectivity index (χ2v) is 4.63. The van der Waals surface area contributed by atoms with Crippen molar-refractivity contribution in [3.63, 3.8) is 0 Å². The lowest BCUT2D eigenvalue weighted by atomic mass is 9.86. The molecule has 16 heavy (non-hydrogen) atoms. The average molecular weight is 226 g/mol. The van der Waals surface area contributed by atoms with Crippen LogP contribution < -0.4 is 5.32 Å². The van der Waals surface area contributed by atoms with Crippen LogP contribution in [0.25, 0.3) is 0 Å². The predicted octanol–water partition coefficient (Wildman–Crippen LogP) is -0.101. The Bertz CT molecular complexity index is 312. The van der Waals surface area contributed by atoms with Gasteiger partial charge in [0.1, 0.15) is 12.1 Å². The maximum atomic E-state index is 12.0. The first-order valence-corrected chi connectivity index (χ1v) is 5.70. The van der Waals surface area contributed by atoms with Crippen molar-refractivity contribution in [1.29, 1.82) is 0 Å². The van der Waals surface area contributed by atoms with E-state index in [1.165, 1.54) is 0 Å². The summed E-state index contributed by atoms with van der Waals surface area (Å²) in [5, 5.41) is 2.68. The summed E-state index contributed by atoms with van der Waals surface area (Å²) in [7, 11) is 1.68. The smallest absolute Gasteiger partial charge is 0.245 e. The highest BCUT2D eigenvalue weighted by atomic mass is 16.5. The molecule has 1 saturated heterocycles. The molecule has 1 aliphatic heterocycles. The zero-order valence-electron chi connectivity index (χ0n) is 9.90. The van der Waals surface area contributed by atoms with Crippen molar-refractivity contribution in [3.8, 4) is 0 Å². The number of nitrogens with one attached hydrogen (secondary N) is 1. The Balaban J connectivity index is 2.06. The highest BCUT2D eigenvalue weighted by Gasteiger charge is 2.44. The first-order valence-electron chi connectivity index (χ1n) is 5.70. The maximum absolute atomic E-state index is 12.0. The largest absolute Gasteiger partial charge is 0.381 e. The number of amides is 2. The molecule has 1 saturated carbocycles. The summed E-state index contributed by atoms with van der Waals surface area (Å²) in [6.07, 6.45) is 1.92. The van der Waals surface area contributed by atoms with Gasteiger partial charge in [-0.15, -0.1) is 0 Å². The third-order valence-electron chi connectivity index (χ3n) is 3.58. The first-order chi connectivity index (χ1) is 7.54. The molecular formula is C11H18N2O3. The first kappa shape index (κ1) is 11.4. The van der Waals surface area contributed by atoms with Crippen LogP contribution in [0.1, 0.15) is 26.7 Å². The summed E-state index contributed by atoms with van der Waals surface area (Å²) < 4.78 is 5.19. The van der Waals surface area contributed by atoms with Crippen molar-refractivity contribution in [2.45, 2.75) is 50.9 Å². The van der Waals surface area contributed by atoms with Gasteiger partial charge in [0.2, 0.25) is 11.8 Å². The molecule has 0 spiro atoms. The van der Waals surface area contributed by atoms with E-state index in [0.717, 1.165) is 12.8 Å². The predicted molar refractivity (Wildman–Crippen MR) is 57.7 cm³/mol. The van der Waals surface area contributed by atoms with Crippen LogP contribution in [0.4, 0.5) is 0 Å². The van der Waals surface area contributed by atoms with Crippen molar-refractivity contribution in [1.82, 2.24) is 10.2 Å². The number of piperazine rings is 1. The van der Waals surface area contributed by atoms with Gasteiger partial charge in [-0.2, -0.15) is 0 Å². The number of carbonyl (C=O) groups is 2. The van der Waals surface area contributed by atoms with Gasteiger partial charge in [0.25, 0.3) is 0 Å². The Morgan fingerprint density at radius 1 is 1.31 bits per heavy atom. The molecule has 2 atom stereocenters. The van der Waals surface area contributed by atoms with Gasteiger partial charge in [0.05, 0.1) is 6.10 Å². The number of methoxy groups -OCH3 is 1. The summed E-state index contributed by atoms with van der Waals surface area (Å²) in [5.41, 5.74) is 0. The number of nitrogens with zero attached hydrogens (tertiary/aromatic N) is 1. The van der Waals surface area contributed by atoms with Crippen LogP contribution >= 0.6 is 0 Å². The zero-order valence-corrected chi connectivity index (χ0v) is 9.90. The number of hydrogen-bond donors (Lipinski definition) is 1. The molecule has 0 bridgehead atoms. The van der Waals surface area contributed by atoms with E-state index in [2.05, 4.69) is 5.32 Å². The highest BCUT2D eigenvalue weighted by molar-refractivity contribution is 5.96. The summed E-state index contributed by atoms with van der Waals surface area (Å²) in [4.78, 5) is 25.3. The zero-order chi connectivity index (χ0) is 11.9. The minimum absolute atomic E-state index is 0.0200. The third-order valence-corrected chi connectivity index (χ3v) is 3.58. The molecule has 2 aliphatic rings. The summed E-state index contributed by atoms with van der Waals surface area (Å²) >= 11 is 0. The molecule has 2 amide bonds. The lowest BCUT2D eigenvalue weighted by Crippen LogP contribution is -2.66. The summed E-state index contributed by atoms with van der Waals surface area (Å²) in [6.45, 7) is 3.50. The van der Waals surface area contributed by atoms with Crippen LogP contribution in [0.2, 0.25) is 0 Å². The fourth-order valence-electron chi connectivity index (χ4n) is 2.39. The third kappa shape index (κ3) is 1.69. The quantitative estimate of drug-likeness (QED) is 0.715. The van der Waals surface area contributed by atoms with E-state index in [9.17, 15) is 9.59 Å². The minimum Gasteiger partial charge on any atom is -0.381 e. The number of ether oxygens (including phenoxy) is 1. The Hall–Kier alpha value is -1.10. The van der Waals surface area contributed by atoms with E-state index in [-0.39, 0.29) is 30.0 Å². The molecule has 1 heterocycles. The van der Waals surface area contributed by atoms with E-state index < -0.39 is 6.04 Å². The van der Waals surface area contributed by atoms with Gasteiger partial charge in [0.15, 0.2) is 0 Å². The normalized spacial score (nSPS) is 39.3. The molecule has 2 fully saturated rings. The molecule has 2 rings (SSSR count). The van der Waals surface area contributed by atoms with Crippen molar-refractivity contribution < 1.29 is 14.3 Å². The lowest BCUT2D eigenvalue weighted by molar-refractivity contribution is -0.156. The maximum Gasteiger partial charge on any atom is 0.245 e. The Kier molecular flexibility index (Phi) is 2.88. The van der Waals surface area contributed by atoms with E-state index >= 15 is 0 Å². The fraction of sp³-hybridized carbons (Fsp3) is 0.818. The molecule has 0 radical (unpaired) electrons. The van der Waals surface area contributed by atoms with Gasteiger partial charge >= 0.3 is 0 Å². The second-order valence-electron chi connectivity index (χ2n) is 4.63. The van der Waals surface area contributed by atoms with Crippen molar-refractivity contribution >= 4 is 11.8 Å². The monoisotopic (exact) mass is 226 g/mol. The van der Waals surface area contributed by atoms with Gasteiger partial charge < -0.3 is 15.0 Å². The van der Waals surface area contributed by atoms with Gasteiger partial charge in [-0.25, -0.2) is 0 Å². The van der Waals surface area contributed by atoms with Gasteiger partial charge in [0, 0.05) is 13.2 Å². The topological polar surface area (TPSA) is 58.6 Å². The highest BCUT2D eigenvalue weighted by Crippen LogP contribution is 2.30. The molecule has 5 nitrogen and oxygen atoms in total. The molecule has 5 heteroatoms. The van der Waals surface area contributed by atoms with E-state index in [1.807, 2.05) is 0 Å². The Labute approximate surface area is 95.1 Å². The van der Waals surface area contributed by atoms with Crippen LogP contribution in [0.5, 0.6) is 0 Å². The van der Waals surface area contributed by atoms with Crippen LogP contribution in [-0.4, -0.2) is 48.1 Å². The number of hydrogen-bond acceptors (Lipinski definition) is 3. The molecule has 1 N–H and O–H groups in total. The molecule has 0 aromatic rings. The van der Waals surface area contributed by atoms with E-state index in [4.69, 9.17) is 4.74 Å². The van der Waals surface area contributed by atoms with Crippen LogP contribution in [-0.2, 0) is 14.3 Å². The van der Waals surface area contributed by atoms with Gasteiger partial charge in [-0.3, -0.25) is 9.59 Å². The van der Waals surface area contributed by atoms with Crippen LogP contribution in [0.3, 0.4) is 0 Å². The van der Waals surface area contributed by atoms with E-state index in [0.29, 0.717) is 0 Å². The van der Waals surface area contributed by atoms with Crippen molar-refractivity contribution in [2.24, 2.45) is 0 Å². The van der Waals surface area contributed by atoms with Gasteiger partial charge in [-0.1, -0.05) is 0 Å².